The van der Waals surface area contributed by atoms with Crippen LogP contribution in [0.5, 0.6) is 0 Å². The Morgan fingerprint density at radius 1 is 1.57 bits per heavy atom. The molecule has 1 saturated carbocycles. The van der Waals surface area contributed by atoms with Crippen LogP contribution in [-0.4, -0.2) is 32.9 Å². The molecule has 0 saturated heterocycles. The van der Waals surface area contributed by atoms with Gasteiger partial charge in [-0.1, -0.05) is 11.6 Å². The third-order valence-electron chi connectivity index (χ3n) is 3.19. The van der Waals surface area contributed by atoms with Crippen molar-refractivity contribution >= 4 is 29.2 Å². The fourth-order valence-corrected chi connectivity index (χ4v) is 2.18. The number of rotatable bonds is 6. The van der Waals surface area contributed by atoms with E-state index in [0.29, 0.717) is 0 Å². The molecule has 21 heavy (non-hydrogen) atoms. The third kappa shape index (κ3) is 3.88. The van der Waals surface area contributed by atoms with Crippen LogP contribution in [0.1, 0.15) is 29.6 Å². The molecular weight excluding hydrogens is 302 g/mol. The lowest BCUT2D eigenvalue weighted by Gasteiger charge is -2.16. The van der Waals surface area contributed by atoms with Gasteiger partial charge in [-0.25, -0.2) is 4.98 Å². The van der Waals surface area contributed by atoms with Crippen LogP contribution >= 0.6 is 11.6 Å². The lowest BCUT2D eigenvalue weighted by molar-refractivity contribution is -0.385. The van der Waals surface area contributed by atoms with Crippen molar-refractivity contribution in [3.63, 3.8) is 0 Å². The Hall–Kier alpha value is -2.22. The number of hydrogen-bond acceptors (Lipinski definition) is 5. The Bertz CT molecular complexity index is 603. The Labute approximate surface area is 124 Å². The topological polar surface area (TPSA) is 122 Å². The molecule has 1 aliphatic carbocycles. The van der Waals surface area contributed by atoms with Crippen LogP contribution in [0, 0.1) is 16.0 Å². The van der Waals surface area contributed by atoms with Crippen molar-refractivity contribution in [2.45, 2.75) is 25.3 Å². The first kappa shape index (κ1) is 15.2. The summed E-state index contributed by atoms with van der Waals surface area (Å²) in [6.07, 6.45) is 2.35. The summed E-state index contributed by atoms with van der Waals surface area (Å²) in [6.45, 7) is 0. The second kappa shape index (κ2) is 6.04. The minimum absolute atomic E-state index is 0.0491. The van der Waals surface area contributed by atoms with E-state index in [2.05, 4.69) is 10.3 Å². The number of nitrogens with zero attached hydrogens (tertiary/aromatic N) is 2. The summed E-state index contributed by atoms with van der Waals surface area (Å²) in [5.74, 6) is -1.65. The zero-order chi connectivity index (χ0) is 15.6. The first-order chi connectivity index (χ1) is 9.88. The number of nitrogens with one attached hydrogen (secondary N) is 1. The van der Waals surface area contributed by atoms with E-state index < -0.39 is 28.5 Å². The quantitative estimate of drug-likeness (QED) is 0.467. The molecule has 0 aliphatic heterocycles. The molecule has 1 aliphatic rings. The summed E-state index contributed by atoms with van der Waals surface area (Å²) in [4.78, 5) is 36.7. The summed E-state index contributed by atoms with van der Waals surface area (Å²) in [5.41, 5.74) is -0.696. The smallest absolute Gasteiger partial charge is 0.305 e. The number of nitro groups is 1. The van der Waals surface area contributed by atoms with E-state index in [0.717, 1.165) is 25.1 Å². The number of pyridine rings is 1. The van der Waals surface area contributed by atoms with Gasteiger partial charge in [0.2, 0.25) is 0 Å². The molecule has 0 aromatic carbocycles. The fraction of sp³-hybridized carbons (Fsp3) is 0.417. The molecule has 2 rings (SSSR count). The Balaban J connectivity index is 2.20. The number of carbonyl (C=O) groups excluding carboxylic acids is 1. The number of aliphatic carboxylic acids is 1. The average Bonchev–Trinajstić information content (AvgIpc) is 3.21. The summed E-state index contributed by atoms with van der Waals surface area (Å²) >= 11 is 5.65. The lowest BCUT2D eigenvalue weighted by atomic mass is 10.1. The van der Waals surface area contributed by atoms with Gasteiger partial charge in [0, 0.05) is 6.04 Å². The minimum atomic E-state index is -1.03. The van der Waals surface area contributed by atoms with Gasteiger partial charge in [-0.2, -0.15) is 0 Å². The molecule has 1 fully saturated rings. The van der Waals surface area contributed by atoms with Crippen molar-refractivity contribution in [1.82, 2.24) is 10.3 Å². The first-order valence-electron chi connectivity index (χ1n) is 6.21. The van der Waals surface area contributed by atoms with Crippen LogP contribution in [0.15, 0.2) is 12.3 Å². The van der Waals surface area contributed by atoms with Crippen LogP contribution in [0.25, 0.3) is 0 Å². The average molecular weight is 314 g/mol. The highest BCUT2D eigenvalue weighted by Gasteiger charge is 2.35. The van der Waals surface area contributed by atoms with Crippen LogP contribution in [0.3, 0.4) is 0 Å². The number of amides is 1. The number of hydrogen-bond donors (Lipinski definition) is 2. The Kier molecular flexibility index (Phi) is 4.37. The number of halogens is 1. The Morgan fingerprint density at radius 2 is 2.24 bits per heavy atom. The van der Waals surface area contributed by atoms with Gasteiger partial charge in [-0.05, 0) is 24.8 Å². The van der Waals surface area contributed by atoms with E-state index in [1.165, 1.54) is 0 Å². The predicted octanol–water partition coefficient (Wildman–Crippen LogP) is 1.63. The number of carbonyl (C=O) groups is 2. The Morgan fingerprint density at radius 3 is 2.76 bits per heavy atom. The highest BCUT2D eigenvalue weighted by atomic mass is 35.5. The molecular formula is C12H12ClN3O5. The molecule has 0 spiro atoms. The van der Waals surface area contributed by atoms with Gasteiger partial charge in [-0.3, -0.25) is 19.7 Å². The van der Waals surface area contributed by atoms with Crippen LogP contribution < -0.4 is 5.32 Å². The molecule has 0 bridgehead atoms. The zero-order valence-corrected chi connectivity index (χ0v) is 11.5. The fourth-order valence-electron chi connectivity index (χ4n) is 2.02. The molecule has 1 aromatic rings. The van der Waals surface area contributed by atoms with Crippen LogP contribution in [-0.2, 0) is 4.79 Å². The molecule has 1 amide bonds. The molecule has 1 atom stereocenters. The largest absolute Gasteiger partial charge is 0.481 e. The van der Waals surface area contributed by atoms with Gasteiger partial charge in [0.05, 0.1) is 11.3 Å². The van der Waals surface area contributed by atoms with Crippen molar-refractivity contribution in [1.29, 1.82) is 0 Å². The molecule has 0 radical (unpaired) electrons. The van der Waals surface area contributed by atoms with Crippen molar-refractivity contribution in [3.05, 3.63) is 33.1 Å². The van der Waals surface area contributed by atoms with Crippen molar-refractivity contribution in [2.75, 3.05) is 0 Å². The van der Waals surface area contributed by atoms with Gasteiger partial charge < -0.3 is 10.4 Å². The highest BCUT2D eigenvalue weighted by molar-refractivity contribution is 6.29. The van der Waals surface area contributed by atoms with E-state index in [1.54, 1.807) is 0 Å². The van der Waals surface area contributed by atoms with Gasteiger partial charge in [0.1, 0.15) is 16.9 Å². The van der Waals surface area contributed by atoms with E-state index in [4.69, 9.17) is 16.7 Å². The molecule has 1 aromatic heterocycles. The molecule has 8 nitrogen and oxygen atoms in total. The minimum Gasteiger partial charge on any atom is -0.481 e. The van der Waals surface area contributed by atoms with E-state index in [9.17, 15) is 19.7 Å². The van der Waals surface area contributed by atoms with Gasteiger partial charge in [-0.15, -0.1) is 0 Å². The van der Waals surface area contributed by atoms with Crippen molar-refractivity contribution in [2.24, 2.45) is 5.92 Å². The van der Waals surface area contributed by atoms with E-state index >= 15 is 0 Å². The number of carboxylic acid groups (broad SMARTS) is 1. The maximum Gasteiger partial charge on any atom is 0.305 e. The van der Waals surface area contributed by atoms with Gasteiger partial charge >= 0.3 is 5.97 Å². The lowest BCUT2D eigenvalue weighted by Crippen LogP contribution is -2.38. The van der Waals surface area contributed by atoms with Crippen LogP contribution in [0.4, 0.5) is 5.69 Å². The van der Waals surface area contributed by atoms with Gasteiger partial charge in [0.25, 0.3) is 11.6 Å². The highest BCUT2D eigenvalue weighted by Crippen LogP contribution is 2.34. The SMILES string of the molecule is O=C(O)CC(NC(=O)c1cc(Cl)ncc1[N+](=O)[O-])C1CC1. The maximum absolute atomic E-state index is 12.2. The molecule has 1 unspecified atom stereocenters. The summed E-state index contributed by atoms with van der Waals surface area (Å²) in [6, 6.07) is 0.557. The number of aromatic nitrogens is 1. The maximum atomic E-state index is 12.2. The zero-order valence-electron chi connectivity index (χ0n) is 10.8. The summed E-state index contributed by atoms with van der Waals surface area (Å²) < 4.78 is 0. The molecule has 112 valence electrons. The van der Waals surface area contributed by atoms with Crippen molar-refractivity contribution in [3.8, 4) is 0 Å². The predicted molar refractivity (Wildman–Crippen MR) is 72.1 cm³/mol. The second-order valence-corrected chi connectivity index (χ2v) is 5.18. The molecule has 1 heterocycles. The van der Waals surface area contributed by atoms with Gasteiger partial charge in [0.15, 0.2) is 0 Å². The monoisotopic (exact) mass is 313 g/mol. The normalized spacial score (nSPS) is 15.3. The second-order valence-electron chi connectivity index (χ2n) is 4.80. The summed E-state index contributed by atoms with van der Waals surface area (Å²) in [5, 5.41) is 22.2. The number of carboxylic acids is 1. The summed E-state index contributed by atoms with van der Waals surface area (Å²) in [7, 11) is 0. The molecule has 2 N–H and O–H groups in total. The van der Waals surface area contributed by atoms with E-state index in [1.807, 2.05) is 0 Å². The third-order valence-corrected chi connectivity index (χ3v) is 3.40. The standard InChI is InChI=1S/C12H12ClN3O5/c13-10-3-7(9(5-14-10)16(20)21)12(19)15-8(4-11(17)18)6-1-2-6/h3,5-6,8H,1-2,4H2,(H,15,19)(H,17,18). The molecule has 9 heteroatoms. The van der Waals surface area contributed by atoms with Crippen molar-refractivity contribution < 1.29 is 19.6 Å². The van der Waals surface area contributed by atoms with Crippen LogP contribution in [0.2, 0.25) is 5.15 Å². The first-order valence-corrected chi connectivity index (χ1v) is 6.59. The van der Waals surface area contributed by atoms with E-state index in [-0.39, 0.29) is 23.1 Å².